The monoisotopic (exact) mass is 416 g/mol. The number of carbonyl (C=O) groups is 1. The number of nitrogens with zero attached hydrogens (tertiary/aromatic N) is 3. The number of para-hydroxylation sites is 2. The van der Waals surface area contributed by atoms with E-state index in [1.165, 1.54) is 18.2 Å². The minimum Gasteiger partial charge on any atom is -0.350 e. The molecule has 0 bridgehead atoms. The molecule has 0 saturated heterocycles. The Morgan fingerprint density at radius 1 is 1.17 bits per heavy atom. The average Bonchev–Trinajstić information content (AvgIpc) is 3.10. The molecule has 0 atom stereocenters. The first kappa shape index (κ1) is 20.5. The molecule has 3 aromatic rings. The smallest absolute Gasteiger partial charge is 0.241 e. The lowest BCUT2D eigenvalue weighted by atomic mass is 10.1. The highest BCUT2D eigenvalue weighted by Gasteiger charge is 2.23. The summed E-state index contributed by atoms with van der Waals surface area (Å²) in [4.78, 5) is 16.7. The first-order valence-electron chi connectivity index (χ1n) is 8.84. The van der Waals surface area contributed by atoms with Crippen molar-refractivity contribution in [2.45, 2.75) is 13.5 Å². The number of carbonyl (C=O) groups excluding carboxylic acids is 1. The summed E-state index contributed by atoms with van der Waals surface area (Å²) < 4.78 is 40.9. The summed E-state index contributed by atoms with van der Waals surface area (Å²) in [5.41, 5.74) is 1.52. The molecule has 1 heterocycles. The number of halogens is 1. The Bertz CT molecular complexity index is 1130. The maximum atomic E-state index is 14.1. The fraction of sp³-hybridized carbons (Fsp3) is 0.200. The van der Waals surface area contributed by atoms with Crippen molar-refractivity contribution < 1.29 is 17.6 Å². The topological polar surface area (TPSA) is 84.3 Å². The molecule has 2 aromatic carbocycles. The van der Waals surface area contributed by atoms with E-state index >= 15 is 0 Å². The normalized spacial score (nSPS) is 11.3. The second-order valence-electron chi connectivity index (χ2n) is 6.47. The summed E-state index contributed by atoms with van der Waals surface area (Å²) >= 11 is 0. The largest absolute Gasteiger partial charge is 0.350 e. The number of nitrogens with one attached hydrogen (secondary N) is 1. The van der Waals surface area contributed by atoms with Gasteiger partial charge < -0.3 is 9.88 Å². The Balaban J connectivity index is 1.76. The molecule has 29 heavy (non-hydrogen) atoms. The number of benzene rings is 2. The first-order valence-corrected chi connectivity index (χ1v) is 10.7. The van der Waals surface area contributed by atoms with Crippen molar-refractivity contribution in [2.24, 2.45) is 0 Å². The van der Waals surface area contributed by atoms with Crippen LogP contribution < -0.4 is 9.62 Å². The van der Waals surface area contributed by atoms with E-state index in [9.17, 15) is 17.6 Å². The van der Waals surface area contributed by atoms with E-state index in [1.54, 1.807) is 6.20 Å². The van der Waals surface area contributed by atoms with Gasteiger partial charge >= 0.3 is 0 Å². The van der Waals surface area contributed by atoms with Gasteiger partial charge in [0.25, 0.3) is 0 Å². The van der Waals surface area contributed by atoms with Crippen LogP contribution in [0.15, 0.2) is 60.9 Å². The van der Waals surface area contributed by atoms with Crippen molar-refractivity contribution in [1.82, 2.24) is 14.9 Å². The van der Waals surface area contributed by atoms with Crippen LogP contribution in [0.3, 0.4) is 0 Å². The summed E-state index contributed by atoms with van der Waals surface area (Å²) in [5, 5.41) is 2.71. The number of aromatic nitrogens is 2. The third-order valence-electron chi connectivity index (χ3n) is 4.36. The molecule has 1 amide bonds. The molecule has 0 fully saturated rings. The minimum absolute atomic E-state index is 0.167. The number of amides is 1. The number of aryl methyl sites for hydroxylation is 1. The van der Waals surface area contributed by atoms with Gasteiger partial charge in [0.1, 0.15) is 18.2 Å². The van der Waals surface area contributed by atoms with E-state index in [-0.39, 0.29) is 12.2 Å². The van der Waals surface area contributed by atoms with E-state index in [2.05, 4.69) is 10.3 Å². The van der Waals surface area contributed by atoms with Crippen LogP contribution in [0.1, 0.15) is 11.4 Å². The Kier molecular flexibility index (Phi) is 5.97. The zero-order chi connectivity index (χ0) is 21.0. The maximum absolute atomic E-state index is 14.1. The second-order valence-corrected chi connectivity index (χ2v) is 8.38. The predicted octanol–water partition coefficient (Wildman–Crippen LogP) is 2.40. The average molecular weight is 416 g/mol. The summed E-state index contributed by atoms with van der Waals surface area (Å²) in [6, 6.07) is 12.9. The number of rotatable bonds is 7. The van der Waals surface area contributed by atoms with Gasteiger partial charge in [0.15, 0.2) is 0 Å². The second kappa shape index (κ2) is 8.44. The molecule has 0 radical (unpaired) electrons. The van der Waals surface area contributed by atoms with E-state index < -0.39 is 28.3 Å². The number of sulfonamides is 1. The summed E-state index contributed by atoms with van der Waals surface area (Å²) in [5.74, 6) is -0.464. The maximum Gasteiger partial charge on any atom is 0.241 e. The first-order chi connectivity index (χ1) is 13.8. The van der Waals surface area contributed by atoms with Crippen LogP contribution in [0.4, 0.5) is 10.1 Å². The molecule has 1 N–H and O–H groups in total. The van der Waals surface area contributed by atoms with Gasteiger partial charge in [-0.05, 0) is 30.7 Å². The number of anilines is 1. The van der Waals surface area contributed by atoms with Crippen molar-refractivity contribution in [3.8, 4) is 5.69 Å². The fourth-order valence-corrected chi connectivity index (χ4v) is 3.80. The van der Waals surface area contributed by atoms with E-state index in [4.69, 9.17) is 0 Å². The summed E-state index contributed by atoms with van der Waals surface area (Å²) in [6.45, 7) is 1.53. The van der Waals surface area contributed by atoms with Gasteiger partial charge in [0.05, 0.1) is 17.6 Å². The molecule has 0 aliphatic carbocycles. The van der Waals surface area contributed by atoms with Gasteiger partial charge in [-0.25, -0.2) is 17.8 Å². The standard InChI is InChI=1S/C20H21FN4O3S/c1-15-22-11-12-24(15)18-9-5-3-7-16(18)13-23-20(26)14-25(29(2,27)28)19-10-6-4-8-17(19)21/h3-12H,13-14H2,1-2H3,(H,23,26). The van der Waals surface area contributed by atoms with E-state index in [0.29, 0.717) is 0 Å². The van der Waals surface area contributed by atoms with Crippen LogP contribution in [0.25, 0.3) is 5.69 Å². The van der Waals surface area contributed by atoms with Crippen LogP contribution in [0.5, 0.6) is 0 Å². The van der Waals surface area contributed by atoms with Crippen molar-refractivity contribution >= 4 is 21.6 Å². The van der Waals surface area contributed by atoms with Gasteiger partial charge in [-0.2, -0.15) is 0 Å². The molecule has 0 aliphatic rings. The van der Waals surface area contributed by atoms with Crippen molar-refractivity contribution in [3.63, 3.8) is 0 Å². The van der Waals surface area contributed by atoms with Gasteiger partial charge in [0, 0.05) is 18.9 Å². The zero-order valence-corrected chi connectivity index (χ0v) is 16.9. The van der Waals surface area contributed by atoms with Crippen molar-refractivity contribution in [2.75, 3.05) is 17.1 Å². The molecule has 3 rings (SSSR count). The molecule has 7 nitrogen and oxygen atoms in total. The molecule has 0 aliphatic heterocycles. The van der Waals surface area contributed by atoms with Crippen LogP contribution in [0.2, 0.25) is 0 Å². The van der Waals surface area contributed by atoms with Gasteiger partial charge in [-0.1, -0.05) is 30.3 Å². The highest BCUT2D eigenvalue weighted by atomic mass is 32.2. The van der Waals surface area contributed by atoms with E-state index in [0.717, 1.165) is 33.7 Å². The van der Waals surface area contributed by atoms with Crippen LogP contribution >= 0.6 is 0 Å². The predicted molar refractivity (Wildman–Crippen MR) is 109 cm³/mol. The molecule has 9 heteroatoms. The minimum atomic E-state index is -3.85. The number of imidazole rings is 1. The number of hydrogen-bond donors (Lipinski definition) is 1. The zero-order valence-electron chi connectivity index (χ0n) is 16.0. The molecular weight excluding hydrogens is 395 g/mol. The highest BCUT2D eigenvalue weighted by molar-refractivity contribution is 7.92. The Hall–Kier alpha value is -3.20. The summed E-state index contributed by atoms with van der Waals surface area (Å²) in [7, 11) is -3.85. The lowest BCUT2D eigenvalue weighted by Gasteiger charge is -2.22. The quantitative estimate of drug-likeness (QED) is 0.641. The third kappa shape index (κ3) is 4.80. The fourth-order valence-electron chi connectivity index (χ4n) is 2.94. The Morgan fingerprint density at radius 2 is 1.86 bits per heavy atom. The molecule has 0 saturated carbocycles. The molecule has 0 unspecified atom stereocenters. The van der Waals surface area contributed by atoms with Crippen LogP contribution in [0, 0.1) is 12.7 Å². The Labute approximate surface area is 168 Å². The summed E-state index contributed by atoms with van der Waals surface area (Å²) in [6.07, 6.45) is 4.44. The van der Waals surface area contributed by atoms with Crippen LogP contribution in [-0.2, 0) is 21.4 Å². The lowest BCUT2D eigenvalue weighted by Crippen LogP contribution is -2.40. The molecule has 0 spiro atoms. The molecule has 152 valence electrons. The SMILES string of the molecule is Cc1nccn1-c1ccccc1CNC(=O)CN(c1ccccc1F)S(C)(=O)=O. The highest BCUT2D eigenvalue weighted by Crippen LogP contribution is 2.21. The molecule has 1 aromatic heterocycles. The molecular formula is C20H21FN4O3S. The van der Waals surface area contributed by atoms with Gasteiger partial charge in [-0.3, -0.25) is 9.10 Å². The Morgan fingerprint density at radius 3 is 2.52 bits per heavy atom. The van der Waals surface area contributed by atoms with Crippen molar-refractivity contribution in [1.29, 1.82) is 0 Å². The van der Waals surface area contributed by atoms with E-state index in [1.807, 2.05) is 42.0 Å². The van der Waals surface area contributed by atoms with Gasteiger partial charge in [0.2, 0.25) is 15.9 Å². The number of hydrogen-bond acceptors (Lipinski definition) is 4. The van der Waals surface area contributed by atoms with Crippen molar-refractivity contribution in [3.05, 3.63) is 78.1 Å². The van der Waals surface area contributed by atoms with Crippen LogP contribution in [-0.4, -0.2) is 36.7 Å². The lowest BCUT2D eigenvalue weighted by molar-refractivity contribution is -0.119. The van der Waals surface area contributed by atoms with Gasteiger partial charge in [-0.15, -0.1) is 0 Å². The third-order valence-corrected chi connectivity index (χ3v) is 5.49.